The minimum atomic E-state index is -0.126. The van der Waals surface area contributed by atoms with E-state index in [1.807, 2.05) is 6.07 Å². The first-order chi connectivity index (χ1) is 10.3. The van der Waals surface area contributed by atoms with Crippen LogP contribution in [0.15, 0.2) is 18.2 Å². The van der Waals surface area contributed by atoms with Crippen molar-refractivity contribution in [2.45, 2.75) is 38.3 Å². The van der Waals surface area contributed by atoms with E-state index in [0.29, 0.717) is 12.6 Å². The molecule has 0 N–H and O–H groups in total. The molecular weight excluding hydrogens is 267 g/mol. The van der Waals surface area contributed by atoms with Gasteiger partial charge < -0.3 is 4.74 Å². The van der Waals surface area contributed by atoms with Gasteiger partial charge in [0.1, 0.15) is 11.6 Å². The largest absolute Gasteiger partial charge is 0.497 e. The summed E-state index contributed by atoms with van der Waals surface area (Å²) in [6, 6.07) is 5.68. The Bertz CT molecular complexity index is 474. The number of hydrogen-bond donors (Lipinski definition) is 0. The standard InChI is InChI=1S/C17H25FN2O/c1-21-16-6-7-17(18)14(11-16)12-19-8-4-5-15(13-19)20-9-2-3-10-20/h6-7,11,15H,2-5,8-10,12-13H2,1H3. The van der Waals surface area contributed by atoms with E-state index in [1.165, 1.54) is 44.8 Å². The molecule has 0 bridgehead atoms. The van der Waals surface area contributed by atoms with E-state index in [1.54, 1.807) is 13.2 Å². The van der Waals surface area contributed by atoms with Crippen molar-refractivity contribution in [1.82, 2.24) is 9.80 Å². The maximum absolute atomic E-state index is 14.0. The molecule has 3 rings (SSSR count). The second-order valence-corrected chi connectivity index (χ2v) is 6.23. The number of piperidine rings is 1. The molecule has 116 valence electrons. The predicted molar refractivity (Wildman–Crippen MR) is 82.1 cm³/mol. The molecule has 2 aliphatic rings. The number of methoxy groups -OCH3 is 1. The zero-order chi connectivity index (χ0) is 14.7. The molecule has 2 heterocycles. The second-order valence-electron chi connectivity index (χ2n) is 6.23. The fourth-order valence-corrected chi connectivity index (χ4v) is 3.62. The first kappa shape index (κ1) is 14.8. The molecule has 1 unspecified atom stereocenters. The number of hydrogen-bond acceptors (Lipinski definition) is 3. The van der Waals surface area contributed by atoms with Crippen LogP contribution in [-0.2, 0) is 6.54 Å². The molecule has 3 nitrogen and oxygen atoms in total. The fourth-order valence-electron chi connectivity index (χ4n) is 3.62. The summed E-state index contributed by atoms with van der Waals surface area (Å²) in [4.78, 5) is 5.01. The Balaban J connectivity index is 1.64. The molecule has 21 heavy (non-hydrogen) atoms. The Hall–Kier alpha value is -1.13. The van der Waals surface area contributed by atoms with Gasteiger partial charge in [-0.05, 0) is 63.5 Å². The van der Waals surface area contributed by atoms with Gasteiger partial charge >= 0.3 is 0 Å². The molecule has 2 aliphatic heterocycles. The van der Waals surface area contributed by atoms with Gasteiger partial charge in [-0.25, -0.2) is 4.39 Å². The van der Waals surface area contributed by atoms with Gasteiger partial charge in [0.05, 0.1) is 7.11 Å². The van der Waals surface area contributed by atoms with E-state index < -0.39 is 0 Å². The SMILES string of the molecule is COc1ccc(F)c(CN2CCCC(N3CCCC3)C2)c1. The van der Waals surface area contributed by atoms with Crippen LogP contribution in [0.5, 0.6) is 5.75 Å². The van der Waals surface area contributed by atoms with Gasteiger partial charge in [-0.1, -0.05) is 0 Å². The van der Waals surface area contributed by atoms with E-state index in [4.69, 9.17) is 4.74 Å². The quantitative estimate of drug-likeness (QED) is 0.848. The smallest absolute Gasteiger partial charge is 0.127 e. The van der Waals surface area contributed by atoms with Crippen molar-refractivity contribution >= 4 is 0 Å². The Morgan fingerprint density at radius 1 is 1.19 bits per heavy atom. The lowest BCUT2D eigenvalue weighted by Crippen LogP contribution is -2.46. The van der Waals surface area contributed by atoms with Crippen LogP contribution >= 0.6 is 0 Å². The minimum absolute atomic E-state index is 0.126. The van der Waals surface area contributed by atoms with Crippen LogP contribution < -0.4 is 4.74 Å². The molecule has 0 aromatic heterocycles. The van der Waals surface area contributed by atoms with Crippen LogP contribution in [0.3, 0.4) is 0 Å². The van der Waals surface area contributed by atoms with E-state index in [2.05, 4.69) is 9.80 Å². The second kappa shape index (κ2) is 6.75. The van der Waals surface area contributed by atoms with Gasteiger partial charge in [-0.3, -0.25) is 9.80 Å². The topological polar surface area (TPSA) is 15.7 Å². The average molecular weight is 292 g/mol. The third kappa shape index (κ3) is 3.55. The lowest BCUT2D eigenvalue weighted by molar-refractivity contribution is 0.110. The van der Waals surface area contributed by atoms with E-state index in [9.17, 15) is 4.39 Å². The number of likely N-dealkylation sites (tertiary alicyclic amines) is 2. The molecule has 4 heteroatoms. The highest BCUT2D eigenvalue weighted by atomic mass is 19.1. The van der Waals surface area contributed by atoms with Crippen LogP contribution in [0.2, 0.25) is 0 Å². The predicted octanol–water partition coefficient (Wildman–Crippen LogP) is 2.89. The van der Waals surface area contributed by atoms with E-state index >= 15 is 0 Å². The van der Waals surface area contributed by atoms with Crippen molar-refractivity contribution in [1.29, 1.82) is 0 Å². The van der Waals surface area contributed by atoms with Crippen molar-refractivity contribution < 1.29 is 9.13 Å². The molecule has 1 aromatic rings. The normalized spacial score (nSPS) is 24.4. The summed E-state index contributed by atoms with van der Waals surface area (Å²) in [7, 11) is 1.63. The Morgan fingerprint density at radius 3 is 2.76 bits per heavy atom. The maximum Gasteiger partial charge on any atom is 0.127 e. The molecule has 0 saturated carbocycles. The summed E-state index contributed by atoms with van der Waals surface area (Å²) in [6.07, 6.45) is 5.17. The van der Waals surface area contributed by atoms with Crippen LogP contribution in [-0.4, -0.2) is 49.1 Å². The molecule has 2 saturated heterocycles. The number of rotatable bonds is 4. The van der Waals surface area contributed by atoms with Crippen molar-refractivity contribution in [3.63, 3.8) is 0 Å². The van der Waals surface area contributed by atoms with Crippen molar-refractivity contribution in [3.05, 3.63) is 29.6 Å². The maximum atomic E-state index is 14.0. The molecule has 0 spiro atoms. The zero-order valence-corrected chi connectivity index (χ0v) is 12.9. The number of nitrogens with zero attached hydrogens (tertiary/aromatic N) is 2. The van der Waals surface area contributed by atoms with Gasteiger partial charge in [-0.2, -0.15) is 0 Å². The Labute approximate surface area is 126 Å². The van der Waals surface area contributed by atoms with Crippen LogP contribution in [0.4, 0.5) is 4.39 Å². The molecule has 1 atom stereocenters. The third-order valence-electron chi connectivity index (χ3n) is 4.78. The summed E-state index contributed by atoms with van der Waals surface area (Å²) in [6.45, 7) is 5.31. The first-order valence-electron chi connectivity index (χ1n) is 8.05. The summed E-state index contributed by atoms with van der Waals surface area (Å²) in [5.74, 6) is 0.610. The number of halogens is 1. The van der Waals surface area contributed by atoms with Gasteiger partial charge in [0.25, 0.3) is 0 Å². The molecule has 0 amide bonds. The Morgan fingerprint density at radius 2 is 2.00 bits per heavy atom. The lowest BCUT2D eigenvalue weighted by Gasteiger charge is -2.37. The summed E-state index contributed by atoms with van der Waals surface area (Å²) < 4.78 is 19.2. The molecule has 0 radical (unpaired) electrons. The van der Waals surface area contributed by atoms with Gasteiger partial charge in [0, 0.05) is 24.7 Å². The Kier molecular flexibility index (Phi) is 4.76. The number of benzene rings is 1. The van der Waals surface area contributed by atoms with Crippen LogP contribution in [0, 0.1) is 5.82 Å². The molecule has 0 aliphatic carbocycles. The summed E-state index contributed by atoms with van der Waals surface area (Å²) in [5, 5.41) is 0. The fraction of sp³-hybridized carbons (Fsp3) is 0.647. The monoisotopic (exact) mass is 292 g/mol. The van der Waals surface area contributed by atoms with Crippen LogP contribution in [0.25, 0.3) is 0 Å². The van der Waals surface area contributed by atoms with Crippen molar-refractivity contribution in [2.75, 3.05) is 33.3 Å². The third-order valence-corrected chi connectivity index (χ3v) is 4.78. The summed E-state index contributed by atoms with van der Waals surface area (Å²) >= 11 is 0. The highest BCUT2D eigenvalue weighted by molar-refractivity contribution is 5.29. The highest BCUT2D eigenvalue weighted by Crippen LogP contribution is 2.23. The van der Waals surface area contributed by atoms with Gasteiger partial charge in [0.2, 0.25) is 0 Å². The first-order valence-corrected chi connectivity index (χ1v) is 8.05. The average Bonchev–Trinajstić information content (AvgIpc) is 3.04. The van der Waals surface area contributed by atoms with Gasteiger partial charge in [-0.15, -0.1) is 0 Å². The van der Waals surface area contributed by atoms with E-state index in [-0.39, 0.29) is 5.82 Å². The van der Waals surface area contributed by atoms with Crippen molar-refractivity contribution in [3.8, 4) is 5.75 Å². The van der Waals surface area contributed by atoms with E-state index in [0.717, 1.165) is 24.4 Å². The van der Waals surface area contributed by atoms with Crippen LogP contribution in [0.1, 0.15) is 31.2 Å². The minimum Gasteiger partial charge on any atom is -0.497 e. The molecule has 1 aromatic carbocycles. The number of ether oxygens (including phenoxy) is 1. The highest BCUT2D eigenvalue weighted by Gasteiger charge is 2.27. The zero-order valence-electron chi connectivity index (χ0n) is 12.9. The molecular formula is C17H25FN2O. The summed E-state index contributed by atoms with van der Waals surface area (Å²) in [5.41, 5.74) is 0.747. The lowest BCUT2D eigenvalue weighted by atomic mass is 10.0. The molecule has 2 fully saturated rings. The van der Waals surface area contributed by atoms with Crippen molar-refractivity contribution in [2.24, 2.45) is 0 Å². The van der Waals surface area contributed by atoms with Gasteiger partial charge in [0.15, 0.2) is 0 Å².